The maximum absolute atomic E-state index is 10.4. The molecule has 0 aliphatic heterocycles. The molecule has 0 fully saturated rings. The van der Waals surface area contributed by atoms with Gasteiger partial charge >= 0.3 is 20.9 Å². The number of nitrogens with two attached hydrogens (primary N) is 2. The molecule has 22 heavy (non-hydrogen) atoms. The first-order valence-corrected chi connectivity index (χ1v) is 9.02. The lowest BCUT2D eigenvalue weighted by Gasteiger charge is -2.24. The van der Waals surface area contributed by atoms with Gasteiger partial charge in [-0.1, -0.05) is 13.3 Å². The number of nitrogens with one attached hydrogen (secondary N) is 2. The van der Waals surface area contributed by atoms with Gasteiger partial charge < -0.3 is 35.4 Å². The van der Waals surface area contributed by atoms with Crippen molar-refractivity contribution in [2.75, 3.05) is 34.4 Å². The lowest BCUT2D eigenvalue weighted by Crippen LogP contribution is -2.43. The summed E-state index contributed by atoms with van der Waals surface area (Å²) in [5.74, 6) is 0. The van der Waals surface area contributed by atoms with Crippen molar-refractivity contribution in [3.8, 4) is 0 Å². The predicted molar refractivity (Wildman–Crippen MR) is 86.3 cm³/mol. The Morgan fingerprint density at radius 2 is 1.32 bits per heavy atom. The zero-order valence-electron chi connectivity index (χ0n) is 13.9. The molecule has 0 aliphatic rings. The van der Waals surface area contributed by atoms with Gasteiger partial charge in [-0.3, -0.25) is 0 Å². The molecule has 6 N–H and O–H groups in total. The summed E-state index contributed by atoms with van der Waals surface area (Å²) in [5.41, 5.74) is 9.69. The molecular formula is C12H30N4O5Si. The summed E-state index contributed by atoms with van der Waals surface area (Å²) in [7, 11) is 2.19. The SMILES string of the molecule is CCCCNC(N)=O.CO[Si](CCCNC(N)=O)(OC)OC. The monoisotopic (exact) mass is 338 g/mol. The number of urea groups is 2. The highest BCUT2D eigenvalue weighted by Crippen LogP contribution is 2.14. The molecule has 0 saturated heterocycles. The lowest BCUT2D eigenvalue weighted by atomic mass is 10.3. The Labute approximate surface area is 133 Å². The standard InChI is InChI=1S/C7H18N2O4Si.C5H12N2O/c1-11-14(12-2,13-3)6-4-5-9-7(8)10;1-2-3-4-7-5(6)8/h4-6H2,1-3H3,(H3,8,9,10);2-4H2,1H3,(H3,6,7,8). The summed E-state index contributed by atoms with van der Waals surface area (Å²) >= 11 is 0. The topological polar surface area (TPSA) is 138 Å². The molecule has 0 heterocycles. The summed E-state index contributed by atoms with van der Waals surface area (Å²) in [6.45, 7) is 3.26. The minimum Gasteiger partial charge on any atom is -0.377 e. The largest absolute Gasteiger partial charge is 0.500 e. The van der Waals surface area contributed by atoms with Crippen molar-refractivity contribution in [3.05, 3.63) is 0 Å². The molecule has 0 aromatic rings. The first kappa shape index (κ1) is 22.9. The number of primary amides is 2. The molecular weight excluding hydrogens is 308 g/mol. The zero-order chi connectivity index (χ0) is 17.4. The lowest BCUT2D eigenvalue weighted by molar-refractivity contribution is 0.123. The first-order valence-electron chi connectivity index (χ1n) is 7.09. The van der Waals surface area contributed by atoms with E-state index in [1.54, 1.807) is 21.3 Å². The molecule has 0 spiro atoms. The summed E-state index contributed by atoms with van der Waals surface area (Å²) in [6.07, 6.45) is 2.80. The Bertz CT molecular complexity index is 295. The van der Waals surface area contributed by atoms with Crippen molar-refractivity contribution >= 4 is 20.9 Å². The molecule has 0 atom stereocenters. The van der Waals surface area contributed by atoms with Crippen LogP contribution in [-0.2, 0) is 13.3 Å². The molecule has 9 nitrogen and oxygen atoms in total. The third-order valence-corrected chi connectivity index (χ3v) is 5.55. The van der Waals surface area contributed by atoms with Crippen molar-refractivity contribution in [1.82, 2.24) is 10.6 Å². The minimum absolute atomic E-state index is 0.432. The molecule has 0 radical (unpaired) electrons. The quantitative estimate of drug-likeness (QED) is 0.337. The Morgan fingerprint density at radius 1 is 0.909 bits per heavy atom. The number of hydrogen-bond donors (Lipinski definition) is 4. The van der Waals surface area contributed by atoms with Crippen molar-refractivity contribution in [2.24, 2.45) is 11.5 Å². The molecule has 0 unspecified atom stereocenters. The van der Waals surface area contributed by atoms with Crippen LogP contribution in [0.2, 0.25) is 6.04 Å². The van der Waals surface area contributed by atoms with Crippen LogP contribution >= 0.6 is 0 Å². The van der Waals surface area contributed by atoms with Gasteiger partial charge in [-0.2, -0.15) is 0 Å². The zero-order valence-corrected chi connectivity index (χ0v) is 14.9. The van der Waals surface area contributed by atoms with Crippen LogP contribution in [-0.4, -0.2) is 55.3 Å². The molecule has 4 amide bonds. The molecule has 0 saturated carbocycles. The van der Waals surface area contributed by atoms with Crippen molar-refractivity contribution in [2.45, 2.75) is 32.2 Å². The maximum atomic E-state index is 10.4. The second-order valence-corrected chi connectivity index (χ2v) is 7.43. The normalized spacial score (nSPS) is 10.4. The Balaban J connectivity index is 0. The summed E-state index contributed by atoms with van der Waals surface area (Å²) in [5, 5.41) is 4.97. The van der Waals surface area contributed by atoms with Crippen LogP contribution in [0.15, 0.2) is 0 Å². The summed E-state index contributed by atoms with van der Waals surface area (Å²) in [6, 6.07) is -0.306. The van der Waals surface area contributed by atoms with E-state index in [-0.39, 0.29) is 0 Å². The van der Waals surface area contributed by atoms with E-state index in [0.717, 1.165) is 12.8 Å². The number of amides is 4. The van der Waals surface area contributed by atoms with E-state index < -0.39 is 20.9 Å². The Kier molecular flexibility index (Phi) is 15.2. The maximum Gasteiger partial charge on any atom is 0.500 e. The van der Waals surface area contributed by atoms with Crippen LogP contribution in [0.25, 0.3) is 0 Å². The van der Waals surface area contributed by atoms with Crippen LogP contribution in [0.1, 0.15) is 26.2 Å². The van der Waals surface area contributed by atoms with Gasteiger partial charge in [0.2, 0.25) is 0 Å². The van der Waals surface area contributed by atoms with Gasteiger partial charge in [-0.25, -0.2) is 9.59 Å². The third kappa shape index (κ3) is 13.6. The summed E-state index contributed by atoms with van der Waals surface area (Å²) < 4.78 is 15.6. The molecule has 0 aliphatic carbocycles. The number of carbonyl (C=O) groups is 2. The molecule has 132 valence electrons. The van der Waals surface area contributed by atoms with E-state index in [2.05, 4.69) is 17.6 Å². The smallest absolute Gasteiger partial charge is 0.377 e. The van der Waals surface area contributed by atoms with Crippen molar-refractivity contribution in [1.29, 1.82) is 0 Å². The van der Waals surface area contributed by atoms with Gasteiger partial charge in [0, 0.05) is 40.5 Å². The molecule has 0 aromatic carbocycles. The number of hydrogen-bond acceptors (Lipinski definition) is 5. The van der Waals surface area contributed by atoms with Crippen LogP contribution in [0.3, 0.4) is 0 Å². The van der Waals surface area contributed by atoms with Crippen LogP contribution < -0.4 is 22.1 Å². The number of rotatable bonds is 10. The van der Waals surface area contributed by atoms with E-state index in [4.69, 9.17) is 24.7 Å². The van der Waals surface area contributed by atoms with Crippen LogP contribution in [0.4, 0.5) is 9.59 Å². The van der Waals surface area contributed by atoms with Gasteiger partial charge in [0.05, 0.1) is 0 Å². The second kappa shape index (κ2) is 14.6. The highest BCUT2D eigenvalue weighted by molar-refractivity contribution is 6.60. The highest BCUT2D eigenvalue weighted by Gasteiger charge is 2.36. The van der Waals surface area contributed by atoms with Crippen LogP contribution in [0, 0.1) is 0 Å². The Hall–Kier alpha value is -1.36. The fourth-order valence-electron chi connectivity index (χ4n) is 1.46. The van der Waals surface area contributed by atoms with Crippen molar-refractivity contribution in [3.63, 3.8) is 0 Å². The fourth-order valence-corrected chi connectivity index (χ4v) is 3.18. The number of carbonyl (C=O) groups excluding carboxylic acids is 2. The van der Waals surface area contributed by atoms with Crippen LogP contribution in [0.5, 0.6) is 0 Å². The summed E-state index contributed by atoms with van der Waals surface area (Å²) in [4.78, 5) is 20.3. The minimum atomic E-state index is -2.48. The fraction of sp³-hybridized carbons (Fsp3) is 0.833. The predicted octanol–water partition coefficient (Wildman–Crippen LogP) is 0.378. The average Bonchev–Trinajstić information content (AvgIpc) is 2.49. The van der Waals surface area contributed by atoms with E-state index >= 15 is 0 Å². The van der Waals surface area contributed by atoms with Gasteiger partial charge in [0.1, 0.15) is 0 Å². The van der Waals surface area contributed by atoms with Gasteiger partial charge in [-0.15, -0.1) is 0 Å². The first-order chi connectivity index (χ1) is 10.4. The third-order valence-electron chi connectivity index (χ3n) is 2.72. The number of unbranched alkanes of at least 4 members (excludes halogenated alkanes) is 1. The van der Waals surface area contributed by atoms with Gasteiger partial charge in [0.15, 0.2) is 0 Å². The Morgan fingerprint density at radius 3 is 1.64 bits per heavy atom. The highest BCUT2D eigenvalue weighted by atomic mass is 28.4. The van der Waals surface area contributed by atoms with E-state index in [1.807, 2.05) is 0 Å². The average molecular weight is 338 g/mol. The van der Waals surface area contributed by atoms with E-state index in [0.29, 0.717) is 25.6 Å². The molecule has 0 rings (SSSR count). The molecule has 10 heteroatoms. The van der Waals surface area contributed by atoms with Gasteiger partial charge in [-0.05, 0) is 12.8 Å². The van der Waals surface area contributed by atoms with Gasteiger partial charge in [0.25, 0.3) is 0 Å². The second-order valence-electron chi connectivity index (χ2n) is 4.33. The van der Waals surface area contributed by atoms with Crippen molar-refractivity contribution < 1.29 is 22.9 Å². The molecule has 0 aromatic heterocycles. The van der Waals surface area contributed by atoms with E-state index in [9.17, 15) is 9.59 Å². The molecule has 0 bridgehead atoms. The van der Waals surface area contributed by atoms with E-state index in [1.165, 1.54) is 0 Å².